The van der Waals surface area contributed by atoms with Gasteiger partial charge < -0.3 is 5.73 Å². The van der Waals surface area contributed by atoms with Gasteiger partial charge >= 0.3 is 10.3 Å². The molecule has 0 saturated heterocycles. The third-order valence-electron chi connectivity index (χ3n) is 2.81. The van der Waals surface area contributed by atoms with Gasteiger partial charge in [0.1, 0.15) is 6.04 Å². The second-order valence-corrected chi connectivity index (χ2v) is 5.21. The number of carbonyl (C=O) groups excluding carboxylic acids is 1. The maximum Gasteiger partial charge on any atom is 0.336 e. The first kappa shape index (κ1) is 12.0. The Bertz CT molecular complexity index is 555. The third kappa shape index (κ3) is 2.17. The van der Waals surface area contributed by atoms with E-state index in [1.165, 1.54) is 0 Å². The predicted molar refractivity (Wildman–Crippen MR) is 60.3 cm³/mol. The van der Waals surface area contributed by atoms with Gasteiger partial charge in [0.2, 0.25) is 5.91 Å². The lowest BCUT2D eigenvalue weighted by Gasteiger charge is -2.32. The quantitative estimate of drug-likeness (QED) is 0.720. The number of hydrogen-bond acceptors (Lipinski definition) is 3. The van der Waals surface area contributed by atoms with Gasteiger partial charge in [0.05, 0.1) is 0 Å². The summed E-state index contributed by atoms with van der Waals surface area (Å²) in [5.74, 6) is -0.797. The van der Waals surface area contributed by atoms with E-state index in [9.17, 15) is 13.2 Å². The number of hydrogen-bond donors (Lipinski definition) is 2. The topological polar surface area (TPSA) is 101 Å². The van der Waals surface area contributed by atoms with Crippen LogP contribution < -0.4 is 5.73 Å². The van der Waals surface area contributed by atoms with Crippen molar-refractivity contribution in [2.45, 2.75) is 12.5 Å². The molecule has 7 heteroatoms. The Balaban J connectivity index is 2.54. The summed E-state index contributed by atoms with van der Waals surface area (Å²) in [7, 11) is -4.43. The Morgan fingerprint density at radius 3 is 2.65 bits per heavy atom. The maximum absolute atomic E-state index is 11.4. The molecule has 1 atom stereocenters. The zero-order valence-electron chi connectivity index (χ0n) is 8.91. The molecule has 0 aliphatic carbocycles. The number of rotatable bonds is 2. The molecule has 1 aromatic rings. The van der Waals surface area contributed by atoms with E-state index in [4.69, 9.17) is 10.3 Å². The van der Waals surface area contributed by atoms with Crippen LogP contribution in [0.25, 0.3) is 0 Å². The largest absolute Gasteiger partial charge is 0.368 e. The molecule has 17 heavy (non-hydrogen) atoms. The van der Waals surface area contributed by atoms with Gasteiger partial charge in [0.25, 0.3) is 0 Å². The highest BCUT2D eigenvalue weighted by Gasteiger charge is 2.37. The molecule has 1 aliphatic rings. The molecule has 0 fully saturated rings. The van der Waals surface area contributed by atoms with E-state index >= 15 is 0 Å². The van der Waals surface area contributed by atoms with Crippen LogP contribution in [-0.4, -0.2) is 29.7 Å². The van der Waals surface area contributed by atoms with Crippen LogP contribution >= 0.6 is 0 Å². The summed E-state index contributed by atoms with van der Waals surface area (Å²) in [5, 5.41) is 0. The van der Waals surface area contributed by atoms with Crippen molar-refractivity contribution in [3.05, 3.63) is 35.4 Å². The minimum atomic E-state index is -4.43. The number of nitrogens with two attached hydrogens (primary N) is 1. The molecule has 0 spiro atoms. The van der Waals surface area contributed by atoms with Crippen molar-refractivity contribution in [1.29, 1.82) is 0 Å². The second-order valence-electron chi connectivity index (χ2n) is 3.84. The average molecular weight is 256 g/mol. The lowest BCUT2D eigenvalue weighted by atomic mass is 9.94. The zero-order valence-corrected chi connectivity index (χ0v) is 9.72. The summed E-state index contributed by atoms with van der Waals surface area (Å²) in [6.07, 6.45) is 0.444. The smallest absolute Gasteiger partial charge is 0.336 e. The lowest BCUT2D eigenvalue weighted by molar-refractivity contribution is -0.122. The SMILES string of the molecule is NC(=O)C1c2ccccc2CCN1S(=O)(=O)O. The summed E-state index contributed by atoms with van der Waals surface area (Å²) < 4.78 is 32.2. The number of benzene rings is 1. The molecule has 1 amide bonds. The highest BCUT2D eigenvalue weighted by atomic mass is 32.2. The van der Waals surface area contributed by atoms with E-state index in [1.807, 2.05) is 6.07 Å². The van der Waals surface area contributed by atoms with E-state index < -0.39 is 22.3 Å². The van der Waals surface area contributed by atoms with Crippen molar-refractivity contribution < 1.29 is 17.8 Å². The zero-order chi connectivity index (χ0) is 12.6. The van der Waals surface area contributed by atoms with Crippen LogP contribution in [0.15, 0.2) is 24.3 Å². The van der Waals surface area contributed by atoms with Crippen LogP contribution in [0, 0.1) is 0 Å². The number of amides is 1. The molecule has 3 N–H and O–H groups in total. The van der Waals surface area contributed by atoms with Crippen molar-refractivity contribution in [2.24, 2.45) is 5.73 Å². The van der Waals surface area contributed by atoms with E-state index in [-0.39, 0.29) is 6.54 Å². The first-order chi connectivity index (χ1) is 7.91. The van der Waals surface area contributed by atoms with E-state index in [2.05, 4.69) is 0 Å². The fraction of sp³-hybridized carbons (Fsp3) is 0.300. The van der Waals surface area contributed by atoms with Gasteiger partial charge in [0, 0.05) is 6.54 Å². The number of primary amides is 1. The van der Waals surface area contributed by atoms with E-state index in [0.717, 1.165) is 9.87 Å². The average Bonchev–Trinajstić information content (AvgIpc) is 2.26. The molecule has 92 valence electrons. The predicted octanol–water partition coefficient (Wildman–Crippen LogP) is -0.126. The summed E-state index contributed by atoms with van der Waals surface area (Å²) >= 11 is 0. The minimum Gasteiger partial charge on any atom is -0.368 e. The van der Waals surface area contributed by atoms with Crippen LogP contribution in [0.2, 0.25) is 0 Å². The third-order valence-corrected chi connectivity index (χ3v) is 3.79. The monoisotopic (exact) mass is 256 g/mol. The van der Waals surface area contributed by atoms with Crippen LogP contribution in [0.5, 0.6) is 0 Å². The van der Waals surface area contributed by atoms with Crippen LogP contribution in [-0.2, 0) is 21.5 Å². The first-order valence-corrected chi connectivity index (χ1v) is 6.42. The van der Waals surface area contributed by atoms with Gasteiger partial charge in [-0.05, 0) is 17.5 Å². The molecule has 1 heterocycles. The fourth-order valence-electron chi connectivity index (χ4n) is 2.09. The molecule has 0 bridgehead atoms. The Morgan fingerprint density at radius 2 is 2.06 bits per heavy atom. The Labute approximate surface area is 98.9 Å². The van der Waals surface area contributed by atoms with Crippen molar-refractivity contribution in [3.8, 4) is 0 Å². The highest BCUT2D eigenvalue weighted by molar-refractivity contribution is 7.83. The van der Waals surface area contributed by atoms with Gasteiger partial charge in [-0.1, -0.05) is 24.3 Å². The van der Waals surface area contributed by atoms with Gasteiger partial charge in [-0.3, -0.25) is 9.35 Å². The Kier molecular flexibility index (Phi) is 2.90. The fourth-order valence-corrected chi connectivity index (χ4v) is 2.89. The van der Waals surface area contributed by atoms with Crippen LogP contribution in [0.1, 0.15) is 17.2 Å². The molecule has 0 saturated carbocycles. The number of fused-ring (bicyclic) bond motifs is 1. The molecule has 2 rings (SSSR count). The Morgan fingerprint density at radius 1 is 1.41 bits per heavy atom. The van der Waals surface area contributed by atoms with Gasteiger partial charge in [0.15, 0.2) is 0 Å². The maximum atomic E-state index is 11.4. The van der Waals surface area contributed by atoms with Crippen molar-refractivity contribution in [3.63, 3.8) is 0 Å². The second kappa shape index (κ2) is 4.10. The molecule has 6 nitrogen and oxygen atoms in total. The standard InChI is InChI=1S/C10H12N2O4S/c11-10(13)9-8-4-2-1-3-7(8)5-6-12(9)17(14,15)16/h1-4,9H,5-6H2,(H2,11,13)(H,14,15,16). The molecular weight excluding hydrogens is 244 g/mol. The van der Waals surface area contributed by atoms with Crippen molar-refractivity contribution in [1.82, 2.24) is 4.31 Å². The molecule has 0 aromatic heterocycles. The molecule has 0 radical (unpaired) electrons. The first-order valence-electron chi connectivity index (χ1n) is 5.02. The number of nitrogens with zero attached hydrogens (tertiary/aromatic N) is 1. The highest BCUT2D eigenvalue weighted by Crippen LogP contribution is 2.30. The van der Waals surface area contributed by atoms with E-state index in [1.54, 1.807) is 18.2 Å². The van der Waals surface area contributed by atoms with Gasteiger partial charge in [-0.2, -0.15) is 12.7 Å². The minimum absolute atomic E-state index is 0.0451. The Hall–Kier alpha value is -1.44. The van der Waals surface area contributed by atoms with Gasteiger partial charge in [-0.25, -0.2) is 0 Å². The summed E-state index contributed by atoms with van der Waals surface area (Å²) in [4.78, 5) is 11.4. The van der Waals surface area contributed by atoms with E-state index in [0.29, 0.717) is 12.0 Å². The molecule has 1 unspecified atom stereocenters. The van der Waals surface area contributed by atoms with Crippen LogP contribution in [0.4, 0.5) is 0 Å². The summed E-state index contributed by atoms with van der Waals surface area (Å²) in [6.45, 7) is 0.0451. The van der Waals surface area contributed by atoms with Crippen molar-refractivity contribution >= 4 is 16.2 Å². The van der Waals surface area contributed by atoms with Crippen LogP contribution in [0.3, 0.4) is 0 Å². The van der Waals surface area contributed by atoms with Crippen molar-refractivity contribution in [2.75, 3.05) is 6.54 Å². The normalized spacial score (nSPS) is 20.9. The number of carbonyl (C=O) groups is 1. The summed E-state index contributed by atoms with van der Waals surface area (Å²) in [5.41, 5.74) is 6.62. The lowest BCUT2D eigenvalue weighted by Crippen LogP contribution is -2.45. The molecule has 1 aliphatic heterocycles. The molecule has 1 aromatic carbocycles. The molecular formula is C10H12N2O4S. The summed E-state index contributed by atoms with van der Waals surface area (Å²) in [6, 6.07) is 5.83. The van der Waals surface area contributed by atoms with Gasteiger partial charge in [-0.15, -0.1) is 0 Å².